The van der Waals surface area contributed by atoms with E-state index in [9.17, 15) is 0 Å². The summed E-state index contributed by atoms with van der Waals surface area (Å²) in [6.45, 7) is 4.87. The van der Waals surface area contributed by atoms with Crippen molar-refractivity contribution in [2.45, 2.75) is 13.5 Å². The Hall–Kier alpha value is -1.28. The number of guanidine groups is 1. The zero-order valence-electron chi connectivity index (χ0n) is 12.5. The summed E-state index contributed by atoms with van der Waals surface area (Å²) in [7, 11) is 1.77. The van der Waals surface area contributed by atoms with Gasteiger partial charge in [-0.05, 0) is 24.4 Å². The molecule has 2 aromatic rings. The minimum absolute atomic E-state index is 0. The van der Waals surface area contributed by atoms with Crippen LogP contribution in [0, 0.1) is 0 Å². The normalized spacial score (nSPS) is 11.2. The average molecular weight is 402 g/mol. The Balaban J connectivity index is 0.00000220. The number of aromatic nitrogens is 1. The molecule has 0 radical (unpaired) electrons. The standard InChI is InChI=1S/C15H22N4O.HI/c1-3-20-9-8-17-15(16-2)18-11-13-10-12-6-4-5-7-14(12)19-13;/h4-7,10,19H,3,8-9,11H2,1-2H3,(H2,16,17,18);1H. The van der Waals surface area contributed by atoms with Crippen molar-refractivity contribution in [3.05, 3.63) is 36.0 Å². The molecule has 6 heteroatoms. The lowest BCUT2D eigenvalue weighted by Gasteiger charge is -2.11. The van der Waals surface area contributed by atoms with Crippen LogP contribution in [0.3, 0.4) is 0 Å². The zero-order chi connectivity index (χ0) is 14.2. The minimum Gasteiger partial charge on any atom is -0.380 e. The summed E-state index contributed by atoms with van der Waals surface area (Å²) in [6, 6.07) is 10.4. The second-order valence-electron chi connectivity index (χ2n) is 4.43. The van der Waals surface area contributed by atoms with Crippen molar-refractivity contribution in [1.82, 2.24) is 15.6 Å². The van der Waals surface area contributed by atoms with Crippen molar-refractivity contribution in [3.63, 3.8) is 0 Å². The van der Waals surface area contributed by atoms with Crippen molar-refractivity contribution < 1.29 is 4.74 Å². The number of fused-ring (bicyclic) bond motifs is 1. The number of aliphatic imine (C=N–C) groups is 1. The maximum atomic E-state index is 5.28. The van der Waals surface area contributed by atoms with Crippen molar-refractivity contribution >= 4 is 40.8 Å². The highest BCUT2D eigenvalue weighted by Crippen LogP contribution is 2.14. The van der Waals surface area contributed by atoms with E-state index in [2.05, 4.69) is 38.8 Å². The molecule has 0 spiro atoms. The topological polar surface area (TPSA) is 61.4 Å². The number of benzene rings is 1. The molecule has 3 N–H and O–H groups in total. The van der Waals surface area contributed by atoms with Crippen LogP contribution >= 0.6 is 24.0 Å². The number of nitrogens with zero attached hydrogens (tertiary/aromatic N) is 1. The molecule has 0 atom stereocenters. The van der Waals surface area contributed by atoms with Gasteiger partial charge in [0.2, 0.25) is 0 Å². The van der Waals surface area contributed by atoms with Gasteiger partial charge in [0.05, 0.1) is 13.2 Å². The Morgan fingerprint density at radius 1 is 1.29 bits per heavy atom. The van der Waals surface area contributed by atoms with Crippen molar-refractivity contribution in [2.75, 3.05) is 26.8 Å². The van der Waals surface area contributed by atoms with E-state index in [1.165, 1.54) is 5.39 Å². The molecule has 1 aromatic carbocycles. The predicted molar refractivity (Wildman–Crippen MR) is 98.4 cm³/mol. The third-order valence-electron chi connectivity index (χ3n) is 3.00. The van der Waals surface area contributed by atoms with Crippen LogP contribution in [-0.4, -0.2) is 37.7 Å². The molecule has 0 aliphatic heterocycles. The molecule has 5 nitrogen and oxygen atoms in total. The molecule has 21 heavy (non-hydrogen) atoms. The summed E-state index contributed by atoms with van der Waals surface area (Å²) in [5, 5.41) is 7.71. The molecular formula is C15H23IN4O. The van der Waals surface area contributed by atoms with Gasteiger partial charge in [-0.3, -0.25) is 4.99 Å². The molecule has 1 aromatic heterocycles. The molecule has 0 unspecified atom stereocenters. The molecular weight excluding hydrogens is 379 g/mol. The van der Waals surface area contributed by atoms with E-state index in [0.29, 0.717) is 13.2 Å². The van der Waals surface area contributed by atoms with Crippen LogP contribution in [0.15, 0.2) is 35.3 Å². The molecule has 0 bridgehead atoms. The van der Waals surface area contributed by atoms with E-state index < -0.39 is 0 Å². The number of ether oxygens (including phenoxy) is 1. The Morgan fingerprint density at radius 2 is 2.10 bits per heavy atom. The SMILES string of the molecule is CCOCCNC(=NC)NCc1cc2ccccc2[nH]1.I. The van der Waals surface area contributed by atoms with Crippen LogP contribution in [0.2, 0.25) is 0 Å². The van der Waals surface area contributed by atoms with E-state index in [1.807, 2.05) is 19.1 Å². The highest BCUT2D eigenvalue weighted by atomic mass is 127. The summed E-state index contributed by atoms with van der Waals surface area (Å²) < 4.78 is 5.28. The first kappa shape index (κ1) is 17.8. The van der Waals surface area contributed by atoms with Gasteiger partial charge in [0.15, 0.2) is 5.96 Å². The minimum atomic E-state index is 0. The summed E-state index contributed by atoms with van der Waals surface area (Å²) in [5.41, 5.74) is 2.29. The van der Waals surface area contributed by atoms with E-state index in [0.717, 1.165) is 30.3 Å². The van der Waals surface area contributed by atoms with Crippen molar-refractivity contribution in [1.29, 1.82) is 0 Å². The number of rotatable bonds is 6. The monoisotopic (exact) mass is 402 g/mol. The van der Waals surface area contributed by atoms with Crippen LogP contribution in [0.4, 0.5) is 0 Å². The van der Waals surface area contributed by atoms with Crippen molar-refractivity contribution in [2.24, 2.45) is 4.99 Å². The lowest BCUT2D eigenvalue weighted by atomic mass is 10.2. The number of para-hydroxylation sites is 1. The fourth-order valence-corrected chi connectivity index (χ4v) is 2.01. The Morgan fingerprint density at radius 3 is 2.81 bits per heavy atom. The predicted octanol–water partition coefficient (Wildman–Crippen LogP) is 2.49. The van der Waals surface area contributed by atoms with Gasteiger partial charge in [0, 0.05) is 31.4 Å². The molecule has 0 aliphatic rings. The first-order valence-electron chi connectivity index (χ1n) is 6.92. The fourth-order valence-electron chi connectivity index (χ4n) is 2.01. The highest BCUT2D eigenvalue weighted by Gasteiger charge is 2.01. The molecule has 0 saturated carbocycles. The number of hydrogen-bond acceptors (Lipinski definition) is 2. The summed E-state index contributed by atoms with van der Waals surface area (Å²) in [4.78, 5) is 7.56. The number of aromatic amines is 1. The van der Waals surface area contributed by atoms with Crippen LogP contribution in [-0.2, 0) is 11.3 Å². The number of nitrogens with one attached hydrogen (secondary N) is 3. The van der Waals surface area contributed by atoms with Crippen molar-refractivity contribution in [3.8, 4) is 0 Å². The van der Waals surface area contributed by atoms with Gasteiger partial charge < -0.3 is 20.4 Å². The fraction of sp³-hybridized carbons (Fsp3) is 0.400. The van der Waals surface area contributed by atoms with Gasteiger partial charge in [-0.15, -0.1) is 24.0 Å². The van der Waals surface area contributed by atoms with Crippen LogP contribution in [0.25, 0.3) is 10.9 Å². The molecule has 0 fully saturated rings. The summed E-state index contributed by atoms with van der Waals surface area (Å²) in [5.74, 6) is 0.781. The quantitative estimate of drug-likeness (QED) is 0.301. The van der Waals surface area contributed by atoms with E-state index in [-0.39, 0.29) is 24.0 Å². The molecule has 0 saturated heterocycles. The van der Waals surface area contributed by atoms with E-state index in [4.69, 9.17) is 4.74 Å². The second kappa shape index (κ2) is 9.62. The van der Waals surface area contributed by atoms with Gasteiger partial charge in [0.25, 0.3) is 0 Å². The van der Waals surface area contributed by atoms with E-state index in [1.54, 1.807) is 7.05 Å². The number of hydrogen-bond donors (Lipinski definition) is 3. The lowest BCUT2D eigenvalue weighted by Crippen LogP contribution is -2.38. The third kappa shape index (κ3) is 5.55. The van der Waals surface area contributed by atoms with Gasteiger partial charge in [0.1, 0.15) is 0 Å². The maximum Gasteiger partial charge on any atom is 0.191 e. The number of H-pyrrole nitrogens is 1. The molecule has 116 valence electrons. The zero-order valence-corrected chi connectivity index (χ0v) is 14.8. The Bertz CT molecular complexity index is 535. The first-order valence-corrected chi connectivity index (χ1v) is 6.92. The third-order valence-corrected chi connectivity index (χ3v) is 3.00. The highest BCUT2D eigenvalue weighted by molar-refractivity contribution is 14.0. The number of halogens is 1. The van der Waals surface area contributed by atoms with Gasteiger partial charge in [-0.1, -0.05) is 18.2 Å². The average Bonchev–Trinajstić information content (AvgIpc) is 2.89. The Labute approximate surface area is 142 Å². The molecule has 1 heterocycles. The molecule has 0 amide bonds. The van der Waals surface area contributed by atoms with E-state index >= 15 is 0 Å². The summed E-state index contributed by atoms with van der Waals surface area (Å²) in [6.07, 6.45) is 0. The second-order valence-corrected chi connectivity index (χ2v) is 4.43. The smallest absolute Gasteiger partial charge is 0.191 e. The first-order chi connectivity index (χ1) is 9.83. The molecule has 2 rings (SSSR count). The summed E-state index contributed by atoms with van der Waals surface area (Å²) >= 11 is 0. The van der Waals surface area contributed by atoms with Gasteiger partial charge >= 0.3 is 0 Å². The van der Waals surface area contributed by atoms with Gasteiger partial charge in [-0.2, -0.15) is 0 Å². The van der Waals surface area contributed by atoms with Crippen LogP contribution < -0.4 is 10.6 Å². The maximum absolute atomic E-state index is 5.28. The van der Waals surface area contributed by atoms with Gasteiger partial charge in [-0.25, -0.2) is 0 Å². The van der Waals surface area contributed by atoms with Crippen LogP contribution in [0.1, 0.15) is 12.6 Å². The van der Waals surface area contributed by atoms with Crippen LogP contribution in [0.5, 0.6) is 0 Å². The largest absolute Gasteiger partial charge is 0.380 e. The Kier molecular flexibility index (Phi) is 8.14. The molecule has 0 aliphatic carbocycles. The lowest BCUT2D eigenvalue weighted by molar-refractivity contribution is 0.152.